The lowest BCUT2D eigenvalue weighted by atomic mass is 10.2. The molecular formula is C21H18N6O3. The number of benzene rings is 1. The van der Waals surface area contributed by atoms with Gasteiger partial charge < -0.3 is 19.7 Å². The van der Waals surface area contributed by atoms with Gasteiger partial charge in [-0.05, 0) is 30.3 Å². The molecule has 3 aromatic rings. The van der Waals surface area contributed by atoms with E-state index in [0.29, 0.717) is 47.2 Å². The lowest BCUT2D eigenvalue weighted by molar-refractivity contribution is -0.118. The maximum absolute atomic E-state index is 12.4. The van der Waals surface area contributed by atoms with Crippen LogP contribution in [0.3, 0.4) is 0 Å². The molecular weight excluding hydrogens is 384 g/mol. The number of pyridine rings is 1. The third-order valence-electron chi connectivity index (χ3n) is 4.52. The fraction of sp³-hybridized carbons (Fsp3) is 0.190. The Hall–Kier alpha value is -4.03. The van der Waals surface area contributed by atoms with Crippen molar-refractivity contribution in [3.05, 3.63) is 54.5 Å². The van der Waals surface area contributed by atoms with Gasteiger partial charge in [-0.3, -0.25) is 9.78 Å². The van der Waals surface area contributed by atoms with Gasteiger partial charge in [-0.1, -0.05) is 0 Å². The molecule has 0 atom stereocenters. The largest absolute Gasteiger partial charge is 0.497 e. The number of piperazine rings is 1. The summed E-state index contributed by atoms with van der Waals surface area (Å²) >= 11 is 0. The fourth-order valence-corrected chi connectivity index (χ4v) is 3.00. The number of amides is 1. The molecule has 0 spiro atoms. The van der Waals surface area contributed by atoms with Crippen LogP contribution in [0.4, 0.5) is 5.69 Å². The van der Waals surface area contributed by atoms with Gasteiger partial charge in [0.1, 0.15) is 23.3 Å². The summed E-state index contributed by atoms with van der Waals surface area (Å²) < 4.78 is 11.2. The molecule has 0 bridgehead atoms. The van der Waals surface area contributed by atoms with Crippen LogP contribution in [0.5, 0.6) is 17.4 Å². The zero-order chi connectivity index (χ0) is 20.9. The molecule has 150 valence electrons. The summed E-state index contributed by atoms with van der Waals surface area (Å²) in [5, 5.41) is 12.2. The average Bonchev–Trinajstić information content (AvgIpc) is 2.80. The minimum absolute atomic E-state index is 0.0923. The predicted molar refractivity (Wildman–Crippen MR) is 108 cm³/mol. The number of anilines is 1. The Morgan fingerprint density at radius 3 is 2.70 bits per heavy atom. The number of carbonyl (C=O) groups is 1. The van der Waals surface area contributed by atoms with Crippen molar-refractivity contribution >= 4 is 11.6 Å². The van der Waals surface area contributed by atoms with Gasteiger partial charge in [-0.15, -0.1) is 0 Å². The first-order valence-electron chi connectivity index (χ1n) is 9.23. The van der Waals surface area contributed by atoms with Gasteiger partial charge in [-0.2, -0.15) is 10.2 Å². The van der Waals surface area contributed by atoms with Crippen LogP contribution in [0.1, 0.15) is 5.56 Å². The van der Waals surface area contributed by atoms with Crippen molar-refractivity contribution in [1.82, 2.24) is 20.3 Å². The molecule has 2 aromatic heterocycles. The SMILES string of the molecule is COc1ccc(Oc2nc(-c3cncc(C#N)c3)ncc2N2CCNCC2=O)cc1. The molecule has 0 radical (unpaired) electrons. The average molecular weight is 402 g/mol. The molecule has 1 aliphatic rings. The van der Waals surface area contributed by atoms with Crippen molar-refractivity contribution in [3.8, 4) is 34.8 Å². The Labute approximate surface area is 172 Å². The van der Waals surface area contributed by atoms with Gasteiger partial charge in [-0.25, -0.2) is 4.98 Å². The van der Waals surface area contributed by atoms with Crippen molar-refractivity contribution in [2.45, 2.75) is 0 Å². The van der Waals surface area contributed by atoms with Gasteiger partial charge >= 0.3 is 0 Å². The van der Waals surface area contributed by atoms with Gasteiger partial charge in [0.2, 0.25) is 11.8 Å². The molecule has 0 aliphatic carbocycles. The summed E-state index contributed by atoms with van der Waals surface area (Å²) in [5.74, 6) is 1.72. The van der Waals surface area contributed by atoms with Gasteiger partial charge in [0.25, 0.3) is 0 Å². The molecule has 1 aromatic carbocycles. The summed E-state index contributed by atoms with van der Waals surface area (Å²) in [4.78, 5) is 27.0. The number of rotatable bonds is 5. The lowest BCUT2D eigenvalue weighted by Gasteiger charge is -2.28. The van der Waals surface area contributed by atoms with E-state index in [1.54, 1.807) is 54.7 Å². The molecule has 0 saturated carbocycles. The van der Waals surface area contributed by atoms with E-state index in [1.807, 2.05) is 0 Å². The Morgan fingerprint density at radius 2 is 1.97 bits per heavy atom. The van der Waals surface area contributed by atoms with Crippen LogP contribution in [-0.4, -0.2) is 47.6 Å². The molecule has 4 rings (SSSR count). The Balaban J connectivity index is 1.75. The molecule has 1 saturated heterocycles. The number of ether oxygens (including phenoxy) is 2. The van der Waals surface area contributed by atoms with Crippen LogP contribution in [0.2, 0.25) is 0 Å². The smallest absolute Gasteiger partial charge is 0.247 e. The Bertz CT molecular complexity index is 1110. The second-order valence-electron chi connectivity index (χ2n) is 6.46. The van der Waals surface area contributed by atoms with Gasteiger partial charge in [0.05, 0.1) is 25.4 Å². The van der Waals surface area contributed by atoms with Crippen molar-refractivity contribution in [2.24, 2.45) is 0 Å². The highest BCUT2D eigenvalue weighted by atomic mass is 16.5. The third kappa shape index (κ3) is 4.04. The summed E-state index contributed by atoms with van der Waals surface area (Å²) in [7, 11) is 1.59. The van der Waals surface area contributed by atoms with Crippen LogP contribution in [-0.2, 0) is 4.79 Å². The highest BCUT2D eigenvalue weighted by molar-refractivity contribution is 5.96. The van der Waals surface area contributed by atoms with Crippen molar-refractivity contribution in [1.29, 1.82) is 5.26 Å². The van der Waals surface area contributed by atoms with E-state index >= 15 is 0 Å². The first kappa shape index (κ1) is 19.3. The zero-order valence-electron chi connectivity index (χ0n) is 16.2. The van der Waals surface area contributed by atoms with E-state index in [2.05, 4.69) is 26.3 Å². The standard InChI is InChI=1S/C21H18N6O3/c1-29-16-2-4-17(5-3-16)30-21-18(27-7-6-23-13-19(27)28)12-25-20(26-21)15-8-14(9-22)10-24-11-15/h2-5,8,10-12,23H,6-7,13H2,1H3. The minimum atomic E-state index is -0.0923. The highest BCUT2D eigenvalue weighted by Gasteiger charge is 2.25. The number of carbonyl (C=O) groups excluding carboxylic acids is 1. The lowest BCUT2D eigenvalue weighted by Crippen LogP contribution is -2.48. The molecule has 1 aliphatic heterocycles. The number of nitrogens with one attached hydrogen (secondary N) is 1. The van der Waals surface area contributed by atoms with Crippen molar-refractivity contribution < 1.29 is 14.3 Å². The first-order chi connectivity index (χ1) is 14.7. The predicted octanol–water partition coefficient (Wildman–Crippen LogP) is 2.15. The maximum Gasteiger partial charge on any atom is 0.247 e. The summed E-state index contributed by atoms with van der Waals surface area (Å²) in [5.41, 5.74) is 1.45. The van der Waals surface area contributed by atoms with Crippen molar-refractivity contribution in [2.75, 3.05) is 31.6 Å². The molecule has 1 fully saturated rings. The van der Waals surface area contributed by atoms with Crippen LogP contribution in [0.25, 0.3) is 11.4 Å². The third-order valence-corrected chi connectivity index (χ3v) is 4.52. The van der Waals surface area contributed by atoms with Crippen molar-refractivity contribution in [3.63, 3.8) is 0 Å². The van der Waals surface area contributed by atoms with E-state index in [-0.39, 0.29) is 18.3 Å². The quantitative estimate of drug-likeness (QED) is 0.691. The molecule has 1 amide bonds. The number of hydrogen-bond acceptors (Lipinski definition) is 8. The topological polar surface area (TPSA) is 113 Å². The van der Waals surface area contributed by atoms with Gasteiger partial charge in [0.15, 0.2) is 5.82 Å². The van der Waals surface area contributed by atoms with Crippen LogP contribution in [0, 0.1) is 11.3 Å². The minimum Gasteiger partial charge on any atom is -0.497 e. The molecule has 3 heterocycles. The molecule has 30 heavy (non-hydrogen) atoms. The molecule has 0 unspecified atom stereocenters. The fourth-order valence-electron chi connectivity index (χ4n) is 3.00. The monoisotopic (exact) mass is 402 g/mol. The number of nitrogens with zero attached hydrogens (tertiary/aromatic N) is 5. The number of hydrogen-bond donors (Lipinski definition) is 1. The maximum atomic E-state index is 12.4. The zero-order valence-corrected chi connectivity index (χ0v) is 16.2. The number of aromatic nitrogens is 3. The highest BCUT2D eigenvalue weighted by Crippen LogP contribution is 2.33. The van der Waals surface area contributed by atoms with E-state index in [9.17, 15) is 4.79 Å². The van der Waals surface area contributed by atoms with E-state index < -0.39 is 0 Å². The van der Waals surface area contributed by atoms with Gasteiger partial charge in [0, 0.05) is 31.0 Å². The first-order valence-corrected chi connectivity index (χ1v) is 9.23. The van der Waals surface area contributed by atoms with Crippen LogP contribution in [0.15, 0.2) is 48.9 Å². The Morgan fingerprint density at radius 1 is 1.17 bits per heavy atom. The van der Waals surface area contributed by atoms with E-state index in [1.165, 1.54) is 6.20 Å². The molecule has 9 heteroatoms. The second-order valence-corrected chi connectivity index (χ2v) is 6.46. The van der Waals surface area contributed by atoms with Crippen LogP contribution < -0.4 is 19.7 Å². The summed E-state index contributed by atoms with van der Waals surface area (Å²) in [6, 6.07) is 10.7. The number of nitriles is 1. The molecule has 1 N–H and O–H groups in total. The summed E-state index contributed by atoms with van der Waals surface area (Å²) in [6.07, 6.45) is 4.60. The normalized spacial score (nSPS) is 13.6. The van der Waals surface area contributed by atoms with E-state index in [4.69, 9.17) is 14.7 Å². The Kier molecular flexibility index (Phi) is 5.50. The second kappa shape index (κ2) is 8.55. The summed E-state index contributed by atoms with van der Waals surface area (Å²) in [6.45, 7) is 1.37. The number of methoxy groups -OCH3 is 1. The van der Waals surface area contributed by atoms with E-state index in [0.717, 1.165) is 0 Å². The molecule has 9 nitrogen and oxygen atoms in total. The van der Waals surface area contributed by atoms with Crippen LogP contribution >= 0.6 is 0 Å².